The van der Waals surface area contributed by atoms with Gasteiger partial charge in [-0.1, -0.05) is 11.6 Å². The molecule has 0 radical (unpaired) electrons. The number of benzene rings is 1. The topological polar surface area (TPSA) is 42.0 Å². The van der Waals surface area contributed by atoms with Gasteiger partial charge in [-0.25, -0.2) is 0 Å². The Labute approximate surface area is 126 Å². The lowest BCUT2D eigenvalue weighted by Crippen LogP contribution is -2.30. The third kappa shape index (κ3) is 2.81. The molecule has 1 aliphatic rings. The number of fused-ring (bicyclic) bond motifs is 1. The molecule has 0 aliphatic carbocycles. The predicted molar refractivity (Wildman–Crippen MR) is 81.2 cm³/mol. The van der Waals surface area contributed by atoms with E-state index in [-0.39, 0.29) is 11.9 Å². The second-order valence-electron chi connectivity index (χ2n) is 4.59. The highest BCUT2D eigenvalue weighted by Crippen LogP contribution is 2.37. The van der Waals surface area contributed by atoms with E-state index in [0.717, 1.165) is 17.7 Å². The Morgan fingerprint density at radius 1 is 1.40 bits per heavy atom. The van der Waals surface area contributed by atoms with Gasteiger partial charge in [-0.15, -0.1) is 11.8 Å². The molecule has 0 spiro atoms. The number of aromatic nitrogens is 1. The van der Waals surface area contributed by atoms with E-state index in [9.17, 15) is 4.79 Å². The smallest absolute Gasteiger partial charge is 0.253 e. The van der Waals surface area contributed by atoms with Crippen molar-refractivity contribution in [1.29, 1.82) is 0 Å². The standard InChI is InChI=1S/C15H13ClN2OS/c16-11-3-4-14-12(8-11)13(5-7-20-14)18-15(19)10-2-1-6-17-9-10/h1-4,6,8-9,13H,5,7H2,(H,18,19). The molecule has 20 heavy (non-hydrogen) atoms. The maximum Gasteiger partial charge on any atom is 0.253 e. The van der Waals surface area contributed by atoms with Gasteiger partial charge >= 0.3 is 0 Å². The van der Waals surface area contributed by atoms with Gasteiger partial charge in [0.1, 0.15) is 0 Å². The monoisotopic (exact) mass is 304 g/mol. The Morgan fingerprint density at radius 2 is 2.30 bits per heavy atom. The van der Waals surface area contributed by atoms with E-state index in [4.69, 9.17) is 11.6 Å². The minimum absolute atomic E-state index is 0.0117. The number of nitrogens with one attached hydrogen (secondary N) is 1. The summed E-state index contributed by atoms with van der Waals surface area (Å²) in [4.78, 5) is 17.4. The maximum absolute atomic E-state index is 12.2. The summed E-state index contributed by atoms with van der Waals surface area (Å²) in [7, 11) is 0. The summed E-state index contributed by atoms with van der Waals surface area (Å²) in [6.07, 6.45) is 4.14. The van der Waals surface area contributed by atoms with Crippen molar-refractivity contribution in [3.8, 4) is 0 Å². The SMILES string of the molecule is O=C(NC1CCSc2ccc(Cl)cc21)c1cccnc1. The largest absolute Gasteiger partial charge is 0.345 e. The van der Waals surface area contributed by atoms with Crippen LogP contribution in [0, 0.1) is 0 Å². The fraction of sp³-hybridized carbons (Fsp3) is 0.200. The molecule has 1 unspecified atom stereocenters. The molecule has 3 nitrogen and oxygen atoms in total. The summed E-state index contributed by atoms with van der Waals surface area (Å²) in [5.41, 5.74) is 1.68. The van der Waals surface area contributed by atoms with Crippen molar-refractivity contribution in [1.82, 2.24) is 10.3 Å². The molecule has 3 rings (SSSR count). The van der Waals surface area contributed by atoms with E-state index < -0.39 is 0 Å². The van der Waals surface area contributed by atoms with Crippen LogP contribution in [-0.2, 0) is 0 Å². The summed E-state index contributed by atoms with van der Waals surface area (Å²) < 4.78 is 0. The molecule has 0 saturated heterocycles. The average Bonchev–Trinajstić information content (AvgIpc) is 2.49. The third-order valence-corrected chi connectivity index (χ3v) is 4.60. The molecule has 2 heterocycles. The fourth-order valence-electron chi connectivity index (χ4n) is 2.25. The fourth-order valence-corrected chi connectivity index (χ4v) is 3.54. The van der Waals surface area contributed by atoms with Crippen molar-refractivity contribution in [3.63, 3.8) is 0 Å². The van der Waals surface area contributed by atoms with Gasteiger partial charge < -0.3 is 5.32 Å². The number of carbonyl (C=O) groups is 1. The molecule has 1 aromatic heterocycles. The summed E-state index contributed by atoms with van der Waals surface area (Å²) in [6, 6.07) is 9.38. The van der Waals surface area contributed by atoms with Gasteiger partial charge in [0.25, 0.3) is 5.91 Å². The molecule has 1 atom stereocenters. The van der Waals surface area contributed by atoms with Crippen molar-refractivity contribution in [2.24, 2.45) is 0 Å². The molecule has 1 aliphatic heterocycles. The van der Waals surface area contributed by atoms with Crippen LogP contribution in [-0.4, -0.2) is 16.6 Å². The lowest BCUT2D eigenvalue weighted by Gasteiger charge is -2.26. The predicted octanol–water partition coefficient (Wildman–Crippen LogP) is 3.70. The van der Waals surface area contributed by atoms with E-state index in [1.807, 2.05) is 18.2 Å². The Hall–Kier alpha value is -1.52. The van der Waals surface area contributed by atoms with Gasteiger partial charge in [-0.2, -0.15) is 0 Å². The van der Waals surface area contributed by atoms with Crippen LogP contribution in [0.5, 0.6) is 0 Å². The molecule has 102 valence electrons. The zero-order chi connectivity index (χ0) is 13.9. The average molecular weight is 305 g/mol. The molecular weight excluding hydrogens is 292 g/mol. The zero-order valence-electron chi connectivity index (χ0n) is 10.7. The van der Waals surface area contributed by atoms with Crippen LogP contribution in [0.4, 0.5) is 0 Å². The van der Waals surface area contributed by atoms with Gasteiger partial charge in [0.2, 0.25) is 0 Å². The van der Waals surface area contributed by atoms with Crippen LogP contribution in [0.2, 0.25) is 5.02 Å². The molecule has 1 amide bonds. The molecular formula is C15H13ClN2OS. The van der Waals surface area contributed by atoms with E-state index >= 15 is 0 Å². The van der Waals surface area contributed by atoms with Gasteiger partial charge in [-0.05, 0) is 42.3 Å². The number of rotatable bonds is 2. The minimum atomic E-state index is -0.0964. The van der Waals surface area contributed by atoms with Gasteiger partial charge in [0, 0.05) is 28.1 Å². The quantitative estimate of drug-likeness (QED) is 0.920. The van der Waals surface area contributed by atoms with Gasteiger partial charge in [0.05, 0.1) is 11.6 Å². The number of hydrogen-bond acceptors (Lipinski definition) is 3. The first-order valence-corrected chi connectivity index (χ1v) is 7.73. The molecule has 0 bridgehead atoms. The highest BCUT2D eigenvalue weighted by molar-refractivity contribution is 7.99. The van der Waals surface area contributed by atoms with Crippen molar-refractivity contribution in [2.75, 3.05) is 5.75 Å². The van der Waals surface area contributed by atoms with Crippen LogP contribution in [0.3, 0.4) is 0 Å². The van der Waals surface area contributed by atoms with Crippen molar-refractivity contribution in [2.45, 2.75) is 17.4 Å². The Morgan fingerprint density at radius 3 is 3.10 bits per heavy atom. The Bertz CT molecular complexity index is 633. The summed E-state index contributed by atoms with van der Waals surface area (Å²) in [5, 5.41) is 3.77. The number of hydrogen-bond donors (Lipinski definition) is 1. The second kappa shape index (κ2) is 5.85. The van der Waals surface area contributed by atoms with Crippen LogP contribution in [0.15, 0.2) is 47.6 Å². The highest BCUT2D eigenvalue weighted by atomic mass is 35.5. The zero-order valence-corrected chi connectivity index (χ0v) is 12.2. The number of amides is 1. The summed E-state index contributed by atoms with van der Waals surface area (Å²) in [5.74, 6) is 0.896. The molecule has 1 aromatic carbocycles. The third-order valence-electron chi connectivity index (χ3n) is 3.24. The molecule has 5 heteroatoms. The van der Waals surface area contributed by atoms with E-state index in [1.54, 1.807) is 36.3 Å². The number of thioether (sulfide) groups is 1. The van der Waals surface area contributed by atoms with E-state index in [1.165, 1.54) is 4.90 Å². The van der Waals surface area contributed by atoms with Crippen molar-refractivity contribution >= 4 is 29.3 Å². The van der Waals surface area contributed by atoms with Crippen molar-refractivity contribution < 1.29 is 4.79 Å². The number of pyridine rings is 1. The Kier molecular flexibility index (Phi) is 3.94. The minimum Gasteiger partial charge on any atom is -0.345 e. The maximum atomic E-state index is 12.2. The van der Waals surface area contributed by atoms with E-state index in [0.29, 0.717) is 10.6 Å². The number of carbonyl (C=O) groups excluding carboxylic acids is 1. The van der Waals surface area contributed by atoms with Crippen LogP contribution in [0.25, 0.3) is 0 Å². The van der Waals surface area contributed by atoms with Crippen LogP contribution >= 0.6 is 23.4 Å². The summed E-state index contributed by atoms with van der Waals surface area (Å²) >= 11 is 7.87. The first kappa shape index (κ1) is 13.5. The molecule has 1 N–H and O–H groups in total. The normalized spacial score (nSPS) is 17.4. The van der Waals surface area contributed by atoms with E-state index in [2.05, 4.69) is 10.3 Å². The van der Waals surface area contributed by atoms with Crippen molar-refractivity contribution in [3.05, 3.63) is 58.9 Å². The summed E-state index contributed by atoms with van der Waals surface area (Å²) in [6.45, 7) is 0. The lowest BCUT2D eigenvalue weighted by atomic mass is 10.0. The van der Waals surface area contributed by atoms with Crippen LogP contribution < -0.4 is 5.32 Å². The molecule has 0 fully saturated rings. The highest BCUT2D eigenvalue weighted by Gasteiger charge is 2.23. The molecule has 2 aromatic rings. The lowest BCUT2D eigenvalue weighted by molar-refractivity contribution is 0.0934. The Balaban J connectivity index is 1.83. The number of halogens is 1. The number of nitrogens with zero attached hydrogens (tertiary/aromatic N) is 1. The second-order valence-corrected chi connectivity index (χ2v) is 6.16. The van der Waals surface area contributed by atoms with Crippen LogP contribution in [0.1, 0.15) is 28.4 Å². The van der Waals surface area contributed by atoms with Gasteiger partial charge in [-0.3, -0.25) is 9.78 Å². The first-order chi connectivity index (χ1) is 9.74. The molecule has 0 saturated carbocycles. The van der Waals surface area contributed by atoms with Gasteiger partial charge in [0.15, 0.2) is 0 Å². The first-order valence-electron chi connectivity index (χ1n) is 6.37.